The minimum Gasteiger partial charge on any atom is -0.497 e. The Morgan fingerprint density at radius 1 is 1.04 bits per heavy atom. The highest BCUT2D eigenvalue weighted by Gasteiger charge is 2.02. The van der Waals surface area contributed by atoms with E-state index in [4.69, 9.17) is 4.74 Å². The number of carbonyl (C=O) groups is 1. The summed E-state index contributed by atoms with van der Waals surface area (Å²) in [5, 5.41) is 4.17. The van der Waals surface area contributed by atoms with Gasteiger partial charge >= 0.3 is 0 Å². The van der Waals surface area contributed by atoms with Crippen LogP contribution in [0.5, 0.6) is 5.75 Å². The lowest BCUT2D eigenvalue weighted by atomic mass is 10.1. The third kappa shape index (κ3) is 8.38. The van der Waals surface area contributed by atoms with E-state index in [0.717, 1.165) is 29.9 Å². The van der Waals surface area contributed by atoms with Crippen LogP contribution in [0.15, 0.2) is 29.4 Å². The van der Waals surface area contributed by atoms with E-state index in [9.17, 15) is 4.79 Å². The molecule has 0 aliphatic carbocycles. The molecule has 4 nitrogen and oxygen atoms in total. The standard InChI is InChI=1S/C19H30N2O2/c1-4-5-6-7-8-9-10-11-19(22)21-20-16(2)17-12-14-18(23-3)15-13-17/h12-15H,4-11H2,1-3H3,(H,21,22). The van der Waals surface area contributed by atoms with Crippen molar-refractivity contribution in [1.29, 1.82) is 0 Å². The predicted molar refractivity (Wildman–Crippen MR) is 96.0 cm³/mol. The molecule has 0 unspecified atom stereocenters. The van der Waals surface area contributed by atoms with Crippen LogP contribution < -0.4 is 10.2 Å². The number of hydrogen-bond donors (Lipinski definition) is 1. The summed E-state index contributed by atoms with van der Waals surface area (Å²) in [5.41, 5.74) is 4.40. The van der Waals surface area contributed by atoms with Gasteiger partial charge in [-0.05, 0) is 43.2 Å². The van der Waals surface area contributed by atoms with E-state index in [1.165, 1.54) is 32.1 Å². The van der Waals surface area contributed by atoms with Crippen molar-refractivity contribution >= 4 is 11.6 Å². The second kappa shape index (κ2) is 11.7. The molecule has 1 aromatic carbocycles. The van der Waals surface area contributed by atoms with Crippen molar-refractivity contribution in [2.75, 3.05) is 7.11 Å². The summed E-state index contributed by atoms with van der Waals surface area (Å²) in [4.78, 5) is 11.8. The van der Waals surface area contributed by atoms with E-state index < -0.39 is 0 Å². The molecule has 23 heavy (non-hydrogen) atoms. The number of carbonyl (C=O) groups excluding carboxylic acids is 1. The summed E-state index contributed by atoms with van der Waals surface area (Å²) >= 11 is 0. The van der Waals surface area contributed by atoms with Gasteiger partial charge in [-0.2, -0.15) is 5.10 Å². The fraction of sp³-hybridized carbons (Fsp3) is 0.579. The molecule has 1 rings (SSSR count). The van der Waals surface area contributed by atoms with E-state index in [1.54, 1.807) is 7.11 Å². The first-order valence-electron chi connectivity index (χ1n) is 8.65. The number of ether oxygens (including phenoxy) is 1. The SMILES string of the molecule is CCCCCCCCCC(=O)NN=C(C)c1ccc(OC)cc1. The highest BCUT2D eigenvalue weighted by atomic mass is 16.5. The van der Waals surface area contributed by atoms with Gasteiger partial charge in [0, 0.05) is 6.42 Å². The van der Waals surface area contributed by atoms with Crippen molar-refractivity contribution in [3.8, 4) is 5.75 Å². The molecule has 0 saturated heterocycles. The second-order valence-electron chi connectivity index (χ2n) is 5.83. The van der Waals surface area contributed by atoms with Crippen LogP contribution in [0.3, 0.4) is 0 Å². The zero-order valence-corrected chi connectivity index (χ0v) is 14.7. The zero-order valence-electron chi connectivity index (χ0n) is 14.7. The second-order valence-corrected chi connectivity index (χ2v) is 5.83. The number of hydrazone groups is 1. The molecular formula is C19H30N2O2. The molecule has 0 aromatic heterocycles. The molecule has 0 fully saturated rings. The van der Waals surface area contributed by atoms with Crippen molar-refractivity contribution in [1.82, 2.24) is 5.43 Å². The Hall–Kier alpha value is -1.84. The van der Waals surface area contributed by atoms with Crippen molar-refractivity contribution in [3.63, 3.8) is 0 Å². The van der Waals surface area contributed by atoms with Crippen LogP contribution in [-0.4, -0.2) is 18.7 Å². The van der Waals surface area contributed by atoms with Crippen LogP contribution in [0.4, 0.5) is 0 Å². The maximum atomic E-state index is 11.8. The monoisotopic (exact) mass is 318 g/mol. The van der Waals surface area contributed by atoms with Crippen molar-refractivity contribution in [3.05, 3.63) is 29.8 Å². The van der Waals surface area contributed by atoms with Gasteiger partial charge in [-0.15, -0.1) is 0 Å². The summed E-state index contributed by atoms with van der Waals surface area (Å²) in [5.74, 6) is 0.802. The molecule has 4 heteroatoms. The minimum absolute atomic E-state index is 0.00794. The minimum atomic E-state index is -0.00794. The van der Waals surface area contributed by atoms with Crippen LogP contribution >= 0.6 is 0 Å². The number of benzene rings is 1. The number of unbranched alkanes of at least 4 members (excludes halogenated alkanes) is 6. The Morgan fingerprint density at radius 3 is 2.26 bits per heavy atom. The average Bonchev–Trinajstić information content (AvgIpc) is 2.59. The number of methoxy groups -OCH3 is 1. The van der Waals surface area contributed by atoms with E-state index in [1.807, 2.05) is 31.2 Å². The van der Waals surface area contributed by atoms with E-state index in [2.05, 4.69) is 17.5 Å². The quantitative estimate of drug-likeness (QED) is 0.366. The highest BCUT2D eigenvalue weighted by molar-refractivity contribution is 5.99. The number of nitrogens with zero attached hydrogens (tertiary/aromatic N) is 1. The summed E-state index contributed by atoms with van der Waals surface area (Å²) in [6, 6.07) is 7.63. The summed E-state index contributed by atoms with van der Waals surface area (Å²) in [6.07, 6.45) is 9.02. The normalized spacial score (nSPS) is 11.3. The van der Waals surface area contributed by atoms with E-state index >= 15 is 0 Å². The molecule has 0 bridgehead atoms. The fourth-order valence-electron chi connectivity index (χ4n) is 2.34. The van der Waals surface area contributed by atoms with Gasteiger partial charge in [0.1, 0.15) is 5.75 Å². The molecular weight excluding hydrogens is 288 g/mol. The number of nitrogens with one attached hydrogen (secondary N) is 1. The van der Waals surface area contributed by atoms with Crippen molar-refractivity contribution in [2.24, 2.45) is 5.10 Å². The lowest BCUT2D eigenvalue weighted by Crippen LogP contribution is -2.18. The van der Waals surface area contributed by atoms with Crippen LogP contribution in [0, 0.1) is 0 Å². The average molecular weight is 318 g/mol. The van der Waals surface area contributed by atoms with Gasteiger partial charge in [0.15, 0.2) is 0 Å². The third-order valence-corrected chi connectivity index (χ3v) is 3.86. The van der Waals surface area contributed by atoms with Gasteiger partial charge in [-0.25, -0.2) is 5.43 Å². The smallest absolute Gasteiger partial charge is 0.240 e. The molecule has 0 atom stereocenters. The van der Waals surface area contributed by atoms with Crippen LogP contribution in [0.25, 0.3) is 0 Å². The predicted octanol–water partition coefficient (Wildman–Crippen LogP) is 4.68. The number of hydrogen-bond acceptors (Lipinski definition) is 3. The number of rotatable bonds is 11. The van der Waals surface area contributed by atoms with E-state index in [0.29, 0.717) is 6.42 Å². The van der Waals surface area contributed by atoms with Crippen LogP contribution in [0.2, 0.25) is 0 Å². The lowest BCUT2D eigenvalue weighted by molar-refractivity contribution is -0.121. The van der Waals surface area contributed by atoms with Gasteiger partial charge in [0.05, 0.1) is 12.8 Å². The van der Waals surface area contributed by atoms with Gasteiger partial charge in [-0.3, -0.25) is 4.79 Å². The highest BCUT2D eigenvalue weighted by Crippen LogP contribution is 2.12. The van der Waals surface area contributed by atoms with Gasteiger partial charge < -0.3 is 4.74 Å². The lowest BCUT2D eigenvalue weighted by Gasteiger charge is -2.04. The molecule has 0 aliphatic heterocycles. The molecule has 0 radical (unpaired) electrons. The van der Waals surface area contributed by atoms with Gasteiger partial charge in [0.25, 0.3) is 0 Å². The summed E-state index contributed by atoms with van der Waals surface area (Å²) in [6.45, 7) is 4.11. The molecule has 0 saturated carbocycles. The molecule has 0 spiro atoms. The zero-order chi connectivity index (χ0) is 16.9. The molecule has 1 amide bonds. The van der Waals surface area contributed by atoms with Gasteiger partial charge in [-0.1, -0.05) is 45.4 Å². The van der Waals surface area contributed by atoms with Crippen molar-refractivity contribution < 1.29 is 9.53 Å². The number of amides is 1. The maximum absolute atomic E-state index is 11.8. The van der Waals surface area contributed by atoms with Crippen LogP contribution in [-0.2, 0) is 4.79 Å². The molecule has 1 aromatic rings. The molecule has 0 heterocycles. The maximum Gasteiger partial charge on any atom is 0.240 e. The Morgan fingerprint density at radius 2 is 1.65 bits per heavy atom. The third-order valence-electron chi connectivity index (χ3n) is 3.86. The van der Waals surface area contributed by atoms with E-state index in [-0.39, 0.29) is 5.91 Å². The Kier molecular flexibility index (Phi) is 9.76. The summed E-state index contributed by atoms with van der Waals surface area (Å²) < 4.78 is 5.12. The summed E-state index contributed by atoms with van der Waals surface area (Å²) in [7, 11) is 1.64. The topological polar surface area (TPSA) is 50.7 Å². The van der Waals surface area contributed by atoms with Gasteiger partial charge in [0.2, 0.25) is 5.91 Å². The molecule has 0 aliphatic rings. The first kappa shape index (κ1) is 19.2. The van der Waals surface area contributed by atoms with Crippen LogP contribution in [0.1, 0.15) is 70.8 Å². The first-order chi connectivity index (χ1) is 11.2. The van der Waals surface area contributed by atoms with Crippen molar-refractivity contribution in [2.45, 2.75) is 65.2 Å². The Balaban J connectivity index is 2.22. The molecule has 1 N–H and O–H groups in total. The molecule has 128 valence electrons. The largest absolute Gasteiger partial charge is 0.497 e. The fourth-order valence-corrected chi connectivity index (χ4v) is 2.34. The Bertz CT molecular complexity index is 481. The first-order valence-corrected chi connectivity index (χ1v) is 8.65. The Labute approximate surface area is 140 Å².